The highest BCUT2D eigenvalue weighted by Gasteiger charge is 2.22. The average Bonchev–Trinajstić information content (AvgIpc) is 2.66. The summed E-state index contributed by atoms with van der Waals surface area (Å²) >= 11 is 5.37. The first-order chi connectivity index (χ1) is 12.1. The molecule has 0 spiro atoms. The number of methoxy groups -OCH3 is 3. The van der Waals surface area contributed by atoms with Gasteiger partial charge in [-0.2, -0.15) is 5.26 Å². The van der Waals surface area contributed by atoms with E-state index in [-0.39, 0.29) is 0 Å². The van der Waals surface area contributed by atoms with Crippen LogP contribution in [0, 0.1) is 11.3 Å². The van der Waals surface area contributed by atoms with Gasteiger partial charge in [0.25, 0.3) is 0 Å². The summed E-state index contributed by atoms with van der Waals surface area (Å²) in [4.78, 5) is 4.57. The van der Waals surface area contributed by atoms with E-state index in [1.54, 1.807) is 21.3 Å². The summed E-state index contributed by atoms with van der Waals surface area (Å²) in [5, 5.41) is 9.81. The lowest BCUT2D eigenvalue weighted by Crippen LogP contribution is -2.11. The number of fused-ring (bicyclic) bond motifs is 1. The van der Waals surface area contributed by atoms with Gasteiger partial charge in [-0.3, -0.25) is 4.98 Å². The van der Waals surface area contributed by atoms with Crippen LogP contribution in [-0.4, -0.2) is 26.3 Å². The van der Waals surface area contributed by atoms with E-state index in [0.717, 1.165) is 48.1 Å². The molecule has 0 bridgehead atoms. The SMILES string of the molecule is COc1cc(-c2nc([S-])c(C#N)c3c2CCCC3)cc(OC)c1OC. The van der Waals surface area contributed by atoms with Gasteiger partial charge in [0.1, 0.15) is 0 Å². The molecule has 25 heavy (non-hydrogen) atoms. The van der Waals surface area contributed by atoms with Gasteiger partial charge in [-0.15, -0.1) is 0 Å². The molecule has 6 heteroatoms. The third-order valence-corrected chi connectivity index (χ3v) is 4.83. The third-order valence-electron chi connectivity index (χ3n) is 4.53. The van der Waals surface area contributed by atoms with Gasteiger partial charge in [0.15, 0.2) is 11.5 Å². The molecule has 0 atom stereocenters. The fraction of sp³-hybridized carbons (Fsp3) is 0.368. The van der Waals surface area contributed by atoms with E-state index in [2.05, 4.69) is 11.1 Å². The Morgan fingerprint density at radius 2 is 1.60 bits per heavy atom. The molecule has 3 rings (SSSR count). The Morgan fingerprint density at radius 1 is 1.00 bits per heavy atom. The lowest BCUT2D eigenvalue weighted by atomic mass is 9.86. The topological polar surface area (TPSA) is 64.4 Å². The van der Waals surface area contributed by atoms with E-state index in [4.69, 9.17) is 26.8 Å². The summed E-state index contributed by atoms with van der Waals surface area (Å²) in [5.74, 6) is 1.67. The lowest BCUT2D eigenvalue weighted by Gasteiger charge is -2.25. The molecule has 0 saturated carbocycles. The summed E-state index contributed by atoms with van der Waals surface area (Å²) in [7, 11) is 4.74. The van der Waals surface area contributed by atoms with Gasteiger partial charge in [0.05, 0.1) is 38.7 Å². The van der Waals surface area contributed by atoms with E-state index >= 15 is 0 Å². The number of hydrogen-bond acceptors (Lipinski definition) is 6. The summed E-state index contributed by atoms with van der Waals surface area (Å²) in [6.45, 7) is 0. The Balaban J connectivity index is 2.27. The summed E-state index contributed by atoms with van der Waals surface area (Å²) in [5.41, 5.74) is 4.34. The van der Waals surface area contributed by atoms with Crippen molar-refractivity contribution in [3.8, 4) is 34.6 Å². The molecule has 0 saturated heterocycles. The zero-order chi connectivity index (χ0) is 18.0. The Bertz CT molecular complexity index is 834. The maximum Gasteiger partial charge on any atom is 0.203 e. The highest BCUT2D eigenvalue weighted by Crippen LogP contribution is 2.43. The fourth-order valence-electron chi connectivity index (χ4n) is 3.37. The molecule has 1 heterocycles. The maximum absolute atomic E-state index is 9.46. The average molecular weight is 355 g/mol. The monoisotopic (exact) mass is 355 g/mol. The Morgan fingerprint density at radius 3 is 2.12 bits per heavy atom. The van der Waals surface area contributed by atoms with Crippen molar-refractivity contribution in [2.24, 2.45) is 0 Å². The first-order valence-electron chi connectivity index (χ1n) is 8.07. The molecular formula is C19H19N2O3S-. The van der Waals surface area contributed by atoms with Gasteiger partial charge in [-0.1, -0.05) is 5.03 Å². The standard InChI is InChI=1S/C19H20N2O3S/c1-22-15-8-11(9-16(23-2)18(15)24-3)17-13-7-5-4-6-12(13)14(10-20)19(25)21-17/h8-9H,4-7H2,1-3H3,(H,21,25)/p-1. The first kappa shape index (κ1) is 17.3. The van der Waals surface area contributed by atoms with Gasteiger partial charge in [0.2, 0.25) is 5.75 Å². The molecular weight excluding hydrogens is 336 g/mol. The molecule has 0 fully saturated rings. The fourth-order valence-corrected chi connectivity index (χ4v) is 3.63. The van der Waals surface area contributed by atoms with Crippen LogP contribution >= 0.6 is 0 Å². The second-order valence-electron chi connectivity index (χ2n) is 5.83. The van der Waals surface area contributed by atoms with Crippen LogP contribution in [0.15, 0.2) is 17.2 Å². The molecule has 0 unspecified atom stereocenters. The van der Waals surface area contributed by atoms with Gasteiger partial charge in [-0.25, -0.2) is 0 Å². The smallest absolute Gasteiger partial charge is 0.203 e. The number of ether oxygens (including phenoxy) is 3. The van der Waals surface area contributed by atoms with E-state index in [9.17, 15) is 5.26 Å². The van der Waals surface area contributed by atoms with E-state index in [1.807, 2.05) is 12.1 Å². The molecule has 1 aromatic heterocycles. The molecule has 1 aliphatic carbocycles. The van der Waals surface area contributed by atoms with Crippen molar-refractivity contribution < 1.29 is 14.2 Å². The van der Waals surface area contributed by atoms with Crippen molar-refractivity contribution in [2.75, 3.05) is 21.3 Å². The third kappa shape index (κ3) is 2.96. The predicted octanol–water partition coefficient (Wildman–Crippen LogP) is 3.43. The van der Waals surface area contributed by atoms with E-state index < -0.39 is 0 Å². The zero-order valence-electron chi connectivity index (χ0n) is 14.5. The minimum absolute atomic E-state index is 0.354. The molecule has 0 amide bonds. The maximum atomic E-state index is 9.46. The summed E-state index contributed by atoms with van der Waals surface area (Å²) in [6.07, 6.45) is 3.89. The minimum Gasteiger partial charge on any atom is -0.759 e. The minimum atomic E-state index is 0.354. The molecule has 0 aliphatic heterocycles. The summed E-state index contributed by atoms with van der Waals surface area (Å²) < 4.78 is 16.3. The van der Waals surface area contributed by atoms with Crippen LogP contribution in [0.1, 0.15) is 29.5 Å². The summed E-state index contributed by atoms with van der Waals surface area (Å²) in [6, 6.07) is 5.98. The van der Waals surface area contributed by atoms with Crippen molar-refractivity contribution in [3.63, 3.8) is 0 Å². The van der Waals surface area contributed by atoms with Gasteiger partial charge in [0, 0.05) is 5.56 Å². The zero-order valence-corrected chi connectivity index (χ0v) is 15.3. The number of hydrogen-bond donors (Lipinski definition) is 0. The van der Waals surface area contributed by atoms with Crippen LogP contribution in [-0.2, 0) is 25.5 Å². The lowest BCUT2D eigenvalue weighted by molar-refractivity contribution is 0.324. The number of rotatable bonds is 4. The highest BCUT2D eigenvalue weighted by atomic mass is 32.1. The molecule has 5 nitrogen and oxygen atoms in total. The number of nitrogens with zero attached hydrogens (tertiary/aromatic N) is 2. The van der Waals surface area contributed by atoms with Crippen molar-refractivity contribution in [1.82, 2.24) is 4.98 Å². The second kappa shape index (κ2) is 7.16. The quantitative estimate of drug-likeness (QED) is 0.783. The van der Waals surface area contributed by atoms with Crippen LogP contribution in [0.4, 0.5) is 0 Å². The van der Waals surface area contributed by atoms with Crippen molar-refractivity contribution in [3.05, 3.63) is 28.8 Å². The largest absolute Gasteiger partial charge is 0.759 e. The normalized spacial score (nSPS) is 12.9. The Hall–Kier alpha value is -2.52. The molecule has 0 N–H and O–H groups in total. The van der Waals surface area contributed by atoms with Crippen LogP contribution in [0.2, 0.25) is 0 Å². The molecule has 1 aliphatic rings. The van der Waals surface area contributed by atoms with Gasteiger partial charge >= 0.3 is 0 Å². The number of pyridine rings is 1. The second-order valence-corrected chi connectivity index (χ2v) is 6.22. The molecule has 130 valence electrons. The van der Waals surface area contributed by atoms with Crippen LogP contribution in [0.5, 0.6) is 17.2 Å². The predicted molar refractivity (Wildman–Crippen MR) is 96.3 cm³/mol. The molecule has 2 aromatic rings. The Labute approximate surface area is 153 Å². The number of aromatic nitrogens is 1. The molecule has 1 aromatic carbocycles. The van der Waals surface area contributed by atoms with Crippen molar-refractivity contribution in [1.29, 1.82) is 5.26 Å². The first-order valence-corrected chi connectivity index (χ1v) is 8.48. The van der Waals surface area contributed by atoms with Gasteiger partial charge < -0.3 is 26.8 Å². The van der Waals surface area contributed by atoms with Gasteiger partial charge in [-0.05, 0) is 48.9 Å². The van der Waals surface area contributed by atoms with Crippen LogP contribution in [0.3, 0.4) is 0 Å². The number of benzene rings is 1. The highest BCUT2D eigenvalue weighted by molar-refractivity contribution is 7.58. The van der Waals surface area contributed by atoms with E-state index in [1.165, 1.54) is 0 Å². The van der Waals surface area contributed by atoms with Crippen LogP contribution in [0.25, 0.3) is 11.3 Å². The molecule has 0 radical (unpaired) electrons. The van der Waals surface area contributed by atoms with Crippen molar-refractivity contribution in [2.45, 2.75) is 30.7 Å². The Kier molecular flexibility index (Phi) is 4.95. The van der Waals surface area contributed by atoms with Crippen LogP contribution < -0.4 is 14.2 Å². The number of nitriles is 1. The van der Waals surface area contributed by atoms with E-state index in [0.29, 0.717) is 27.8 Å². The van der Waals surface area contributed by atoms with Crippen molar-refractivity contribution >= 4 is 12.6 Å².